The van der Waals surface area contributed by atoms with E-state index in [1.807, 2.05) is 6.20 Å². The summed E-state index contributed by atoms with van der Waals surface area (Å²) in [6, 6.07) is 16.8. The van der Waals surface area contributed by atoms with E-state index in [0.29, 0.717) is 23.7 Å². The Hall–Kier alpha value is -2.70. The maximum atomic E-state index is 12.5. The van der Waals surface area contributed by atoms with Crippen molar-refractivity contribution in [1.29, 1.82) is 0 Å². The Kier molecular flexibility index (Phi) is 7.30. The van der Waals surface area contributed by atoms with Crippen LogP contribution >= 0.6 is 0 Å². The average Bonchev–Trinajstić information content (AvgIpc) is 3.55. The van der Waals surface area contributed by atoms with Gasteiger partial charge in [-0.15, -0.1) is 0 Å². The number of aliphatic carboxylic acids is 1. The number of hydrogen-bond donors (Lipinski definition) is 1. The van der Waals surface area contributed by atoms with Crippen molar-refractivity contribution in [3.8, 4) is 0 Å². The Morgan fingerprint density at radius 2 is 1.70 bits per heavy atom. The third-order valence-electron chi connectivity index (χ3n) is 9.35. The number of carboxylic acids is 1. The number of nitrogens with zero attached hydrogens (tertiary/aromatic N) is 4. The monoisotopic (exact) mass is 500 g/mol. The minimum absolute atomic E-state index is 0.293. The number of likely N-dealkylation sites (tertiary alicyclic amines) is 2. The van der Waals surface area contributed by atoms with E-state index in [4.69, 9.17) is 4.98 Å². The summed E-state index contributed by atoms with van der Waals surface area (Å²) in [4.78, 5) is 22.2. The van der Waals surface area contributed by atoms with Crippen LogP contribution in [0, 0.1) is 11.8 Å². The maximum Gasteiger partial charge on any atom is 0.321 e. The van der Waals surface area contributed by atoms with Crippen LogP contribution in [0.5, 0.6) is 0 Å². The molecule has 3 fully saturated rings. The number of carboxylic acid groups (broad SMARTS) is 1. The molecular formula is C31H40N4O2. The van der Waals surface area contributed by atoms with Crippen molar-refractivity contribution in [3.05, 3.63) is 72.3 Å². The third-order valence-corrected chi connectivity index (χ3v) is 9.35. The number of hydrogen-bond acceptors (Lipinski definition) is 4. The summed E-state index contributed by atoms with van der Waals surface area (Å²) < 4.78 is 2.25. The minimum Gasteiger partial charge on any atom is -0.480 e. The lowest BCUT2D eigenvalue weighted by molar-refractivity contribution is -0.145. The van der Waals surface area contributed by atoms with E-state index in [1.54, 1.807) is 0 Å². The maximum absolute atomic E-state index is 12.5. The van der Waals surface area contributed by atoms with Crippen molar-refractivity contribution in [2.24, 2.45) is 11.8 Å². The van der Waals surface area contributed by atoms with E-state index in [2.05, 4.69) is 68.9 Å². The summed E-state index contributed by atoms with van der Waals surface area (Å²) >= 11 is 0. The molecule has 2 saturated heterocycles. The Morgan fingerprint density at radius 1 is 0.946 bits per heavy atom. The average molecular weight is 501 g/mol. The topological polar surface area (TPSA) is 61.1 Å². The van der Waals surface area contributed by atoms with Gasteiger partial charge in [-0.05, 0) is 68.3 Å². The second-order valence-electron chi connectivity index (χ2n) is 11.6. The number of pyridine rings is 1. The smallest absolute Gasteiger partial charge is 0.321 e. The molecule has 1 saturated carbocycles. The molecule has 6 rings (SSSR count). The van der Waals surface area contributed by atoms with Crippen molar-refractivity contribution in [1.82, 2.24) is 19.2 Å². The van der Waals surface area contributed by atoms with Gasteiger partial charge < -0.3 is 14.4 Å². The zero-order valence-electron chi connectivity index (χ0n) is 21.8. The molecule has 3 aliphatic rings. The number of carbonyl (C=O) groups is 1. The van der Waals surface area contributed by atoms with Crippen LogP contribution in [0.15, 0.2) is 60.9 Å². The highest BCUT2D eigenvalue weighted by Crippen LogP contribution is 2.39. The Morgan fingerprint density at radius 3 is 2.46 bits per heavy atom. The summed E-state index contributed by atoms with van der Waals surface area (Å²) in [6.07, 6.45) is 12.1. The lowest BCUT2D eigenvalue weighted by Gasteiger charge is -2.35. The zero-order chi connectivity index (χ0) is 25.2. The number of benzene rings is 1. The summed E-state index contributed by atoms with van der Waals surface area (Å²) in [7, 11) is 0. The van der Waals surface area contributed by atoms with Gasteiger partial charge in [0, 0.05) is 37.7 Å². The molecule has 0 amide bonds. The molecule has 2 aromatic heterocycles. The quantitative estimate of drug-likeness (QED) is 0.479. The van der Waals surface area contributed by atoms with Crippen LogP contribution in [0.3, 0.4) is 0 Å². The summed E-state index contributed by atoms with van der Waals surface area (Å²) in [5.41, 5.74) is 2.53. The second-order valence-corrected chi connectivity index (χ2v) is 11.6. The van der Waals surface area contributed by atoms with Crippen LogP contribution in [-0.2, 0) is 4.79 Å². The lowest BCUT2D eigenvalue weighted by atomic mass is 9.83. The number of aromatic nitrogens is 2. The molecule has 1 N–H and O–H groups in total. The van der Waals surface area contributed by atoms with Crippen LogP contribution in [0.4, 0.5) is 0 Å². The van der Waals surface area contributed by atoms with Crippen LogP contribution in [0.2, 0.25) is 0 Å². The van der Waals surface area contributed by atoms with Crippen molar-refractivity contribution in [2.75, 3.05) is 32.7 Å². The summed E-state index contributed by atoms with van der Waals surface area (Å²) in [5.74, 6) is 2.21. The van der Waals surface area contributed by atoms with E-state index in [9.17, 15) is 9.90 Å². The first-order valence-corrected chi connectivity index (χ1v) is 14.3. The van der Waals surface area contributed by atoms with Gasteiger partial charge in [-0.25, -0.2) is 4.98 Å². The molecule has 3 unspecified atom stereocenters. The van der Waals surface area contributed by atoms with Crippen molar-refractivity contribution in [3.63, 3.8) is 0 Å². The molecule has 6 heteroatoms. The Labute approximate surface area is 220 Å². The standard InChI is InChI=1S/C31H40N4O2/c36-31(37)29(24-11-5-2-6-12-24)34-21-26(28(22-34)23-9-3-1-4-10-23)20-33-17-14-25(15-18-33)30-32-19-27-13-7-8-16-35(27)30/h1,3-4,7-10,13,16,19,24-26,28-29H,2,5-6,11-12,14-15,17-18,20-22H2,(H,36,37). The SMILES string of the molecule is O=C(O)C(C1CCCCC1)N1CC(CN2CCC(c3ncc4ccccn34)CC2)C(c2ccccc2)C1. The molecule has 0 radical (unpaired) electrons. The van der Waals surface area contributed by atoms with Crippen molar-refractivity contribution < 1.29 is 9.90 Å². The molecular weight excluding hydrogens is 460 g/mol. The first kappa shape index (κ1) is 24.6. The van der Waals surface area contributed by atoms with Gasteiger partial charge in [-0.2, -0.15) is 0 Å². The molecule has 0 spiro atoms. The number of imidazole rings is 1. The fraction of sp³-hybridized carbons (Fsp3) is 0.548. The fourth-order valence-electron chi connectivity index (χ4n) is 7.47. The van der Waals surface area contributed by atoms with Gasteiger partial charge in [0.1, 0.15) is 11.9 Å². The van der Waals surface area contributed by atoms with Gasteiger partial charge in [0.05, 0.1) is 11.7 Å². The molecule has 1 aromatic carbocycles. The lowest BCUT2D eigenvalue weighted by Crippen LogP contribution is -2.46. The first-order valence-electron chi connectivity index (χ1n) is 14.3. The van der Waals surface area contributed by atoms with Gasteiger partial charge in [-0.1, -0.05) is 55.7 Å². The van der Waals surface area contributed by atoms with Crippen molar-refractivity contribution in [2.45, 2.75) is 62.8 Å². The van der Waals surface area contributed by atoms with Crippen LogP contribution in [0.1, 0.15) is 68.2 Å². The fourth-order valence-corrected chi connectivity index (χ4v) is 7.47. The third kappa shape index (κ3) is 5.19. The molecule has 6 nitrogen and oxygen atoms in total. The largest absolute Gasteiger partial charge is 0.480 e. The van der Waals surface area contributed by atoms with E-state index < -0.39 is 5.97 Å². The minimum atomic E-state index is -0.618. The van der Waals surface area contributed by atoms with E-state index in [0.717, 1.165) is 58.4 Å². The number of fused-ring (bicyclic) bond motifs is 1. The normalized spacial score (nSPS) is 25.5. The predicted octanol–water partition coefficient (Wildman–Crippen LogP) is 5.26. The van der Waals surface area contributed by atoms with E-state index in [-0.39, 0.29) is 6.04 Å². The molecule has 37 heavy (non-hydrogen) atoms. The molecule has 3 aromatic rings. The molecule has 4 heterocycles. The van der Waals surface area contributed by atoms with Gasteiger partial charge in [0.15, 0.2) is 0 Å². The van der Waals surface area contributed by atoms with Crippen LogP contribution in [0.25, 0.3) is 5.52 Å². The first-order chi connectivity index (χ1) is 18.2. The Bertz CT molecular complexity index is 1180. The highest BCUT2D eigenvalue weighted by molar-refractivity contribution is 5.74. The van der Waals surface area contributed by atoms with Gasteiger partial charge >= 0.3 is 5.97 Å². The molecule has 3 atom stereocenters. The van der Waals surface area contributed by atoms with Crippen LogP contribution in [-0.4, -0.2) is 69.0 Å². The molecule has 1 aliphatic carbocycles. The highest BCUT2D eigenvalue weighted by atomic mass is 16.4. The van der Waals surface area contributed by atoms with Crippen LogP contribution < -0.4 is 0 Å². The predicted molar refractivity (Wildman–Crippen MR) is 146 cm³/mol. The molecule has 2 aliphatic heterocycles. The van der Waals surface area contributed by atoms with Gasteiger partial charge in [0.25, 0.3) is 0 Å². The molecule has 196 valence electrons. The zero-order valence-corrected chi connectivity index (χ0v) is 21.8. The van der Waals surface area contributed by atoms with Crippen molar-refractivity contribution >= 4 is 11.5 Å². The number of piperidine rings is 1. The highest BCUT2D eigenvalue weighted by Gasteiger charge is 2.43. The second kappa shape index (κ2) is 11.0. The Balaban J connectivity index is 1.15. The van der Waals surface area contributed by atoms with Gasteiger partial charge in [-0.3, -0.25) is 9.69 Å². The summed E-state index contributed by atoms with van der Waals surface area (Å²) in [5, 5.41) is 10.3. The van der Waals surface area contributed by atoms with E-state index >= 15 is 0 Å². The molecule has 0 bridgehead atoms. The van der Waals surface area contributed by atoms with Gasteiger partial charge in [0.2, 0.25) is 0 Å². The summed E-state index contributed by atoms with van der Waals surface area (Å²) in [6.45, 7) is 4.95. The number of rotatable bonds is 7. The van der Waals surface area contributed by atoms with E-state index in [1.165, 1.54) is 36.2 Å².